The fraction of sp³-hybridized carbons (Fsp3) is 0.444. The minimum atomic E-state index is 0.211. The van der Waals surface area contributed by atoms with Gasteiger partial charge in [-0.25, -0.2) is 0 Å². The van der Waals surface area contributed by atoms with Crippen LogP contribution in [0.4, 0.5) is 0 Å². The van der Waals surface area contributed by atoms with Crippen LogP contribution in [0.1, 0.15) is 24.8 Å². The zero-order valence-corrected chi connectivity index (χ0v) is 6.70. The van der Waals surface area contributed by atoms with E-state index >= 15 is 0 Å². The molecule has 0 aliphatic rings. The number of aromatic nitrogens is 1. The highest BCUT2D eigenvalue weighted by Crippen LogP contribution is 2.16. The molecule has 0 aliphatic heterocycles. The summed E-state index contributed by atoms with van der Waals surface area (Å²) in [5, 5.41) is 8.95. The lowest BCUT2D eigenvalue weighted by Crippen LogP contribution is -2.02. The van der Waals surface area contributed by atoms with Gasteiger partial charge in [0.15, 0.2) is 0 Å². The summed E-state index contributed by atoms with van der Waals surface area (Å²) in [6.07, 6.45) is 4.51. The van der Waals surface area contributed by atoms with E-state index in [1.165, 1.54) is 0 Å². The number of pyridine rings is 1. The van der Waals surface area contributed by atoms with Crippen LogP contribution < -0.4 is 0 Å². The van der Waals surface area contributed by atoms with E-state index in [1.807, 2.05) is 18.3 Å². The molecule has 1 aromatic rings. The molecule has 11 heavy (non-hydrogen) atoms. The van der Waals surface area contributed by atoms with Crippen LogP contribution in [0.15, 0.2) is 24.5 Å². The first kappa shape index (κ1) is 8.21. The monoisotopic (exact) mass is 151 g/mol. The Morgan fingerprint density at radius 2 is 2.45 bits per heavy atom. The first-order valence-electron chi connectivity index (χ1n) is 3.89. The van der Waals surface area contributed by atoms with Crippen molar-refractivity contribution in [3.8, 4) is 0 Å². The molecule has 1 unspecified atom stereocenters. The maximum atomic E-state index is 8.95. The molecule has 0 amide bonds. The Balaban J connectivity index is 2.74. The van der Waals surface area contributed by atoms with Crippen molar-refractivity contribution in [3.63, 3.8) is 0 Å². The maximum absolute atomic E-state index is 8.95. The average molecular weight is 151 g/mol. The quantitative estimate of drug-likeness (QED) is 0.711. The van der Waals surface area contributed by atoms with E-state index in [-0.39, 0.29) is 12.5 Å². The van der Waals surface area contributed by atoms with E-state index in [2.05, 4.69) is 11.9 Å². The van der Waals surface area contributed by atoms with Crippen LogP contribution in [0, 0.1) is 0 Å². The van der Waals surface area contributed by atoms with Crippen molar-refractivity contribution in [1.29, 1.82) is 0 Å². The number of rotatable bonds is 3. The lowest BCUT2D eigenvalue weighted by molar-refractivity contribution is 0.262. The topological polar surface area (TPSA) is 33.1 Å². The lowest BCUT2D eigenvalue weighted by atomic mass is 10.00. The van der Waals surface area contributed by atoms with Crippen molar-refractivity contribution in [3.05, 3.63) is 30.1 Å². The van der Waals surface area contributed by atoms with E-state index < -0.39 is 0 Å². The SMILES string of the molecule is CCC(CO)c1cccnc1. The molecule has 0 radical (unpaired) electrons. The predicted molar refractivity (Wildman–Crippen MR) is 44.4 cm³/mol. The molecule has 0 aliphatic carbocycles. The van der Waals surface area contributed by atoms with Gasteiger partial charge in [0, 0.05) is 24.9 Å². The summed E-state index contributed by atoms with van der Waals surface area (Å²) in [5.41, 5.74) is 1.12. The molecule has 0 bridgehead atoms. The van der Waals surface area contributed by atoms with Crippen molar-refractivity contribution in [2.75, 3.05) is 6.61 Å². The van der Waals surface area contributed by atoms with Gasteiger partial charge in [-0.05, 0) is 18.1 Å². The Bertz CT molecular complexity index is 194. The van der Waals surface area contributed by atoms with E-state index in [9.17, 15) is 0 Å². The number of nitrogens with zero attached hydrogens (tertiary/aromatic N) is 1. The fourth-order valence-electron chi connectivity index (χ4n) is 1.09. The molecule has 0 saturated carbocycles. The third kappa shape index (κ3) is 2.02. The molecule has 2 nitrogen and oxygen atoms in total. The molecule has 1 heterocycles. The van der Waals surface area contributed by atoms with Crippen LogP contribution >= 0.6 is 0 Å². The van der Waals surface area contributed by atoms with Gasteiger partial charge in [0.2, 0.25) is 0 Å². The zero-order valence-electron chi connectivity index (χ0n) is 6.70. The predicted octanol–water partition coefficient (Wildman–Crippen LogP) is 1.57. The van der Waals surface area contributed by atoms with Crippen LogP contribution in [0.2, 0.25) is 0 Å². The number of hydrogen-bond donors (Lipinski definition) is 1. The van der Waals surface area contributed by atoms with Gasteiger partial charge in [-0.15, -0.1) is 0 Å². The summed E-state index contributed by atoms with van der Waals surface area (Å²) in [6.45, 7) is 2.27. The normalized spacial score (nSPS) is 12.9. The van der Waals surface area contributed by atoms with Gasteiger partial charge in [-0.3, -0.25) is 4.98 Å². The van der Waals surface area contributed by atoms with Crippen LogP contribution in [-0.4, -0.2) is 16.7 Å². The Morgan fingerprint density at radius 1 is 1.64 bits per heavy atom. The second kappa shape index (κ2) is 4.09. The van der Waals surface area contributed by atoms with Gasteiger partial charge >= 0.3 is 0 Å². The van der Waals surface area contributed by atoms with Crippen LogP contribution in [0.5, 0.6) is 0 Å². The first-order chi connectivity index (χ1) is 5.38. The Kier molecular flexibility index (Phi) is 3.05. The van der Waals surface area contributed by atoms with Crippen molar-refractivity contribution in [2.45, 2.75) is 19.3 Å². The smallest absolute Gasteiger partial charge is 0.0500 e. The van der Waals surface area contributed by atoms with Gasteiger partial charge < -0.3 is 5.11 Å². The van der Waals surface area contributed by atoms with Gasteiger partial charge in [-0.1, -0.05) is 13.0 Å². The molecule has 1 N–H and O–H groups in total. The summed E-state index contributed by atoms with van der Waals surface area (Å²) in [4.78, 5) is 3.99. The minimum absolute atomic E-state index is 0.211. The van der Waals surface area contributed by atoms with Crippen molar-refractivity contribution >= 4 is 0 Å². The van der Waals surface area contributed by atoms with E-state index in [4.69, 9.17) is 5.11 Å². The molecular formula is C9H13NO. The summed E-state index contributed by atoms with van der Waals surface area (Å²) in [7, 11) is 0. The lowest BCUT2D eigenvalue weighted by Gasteiger charge is -2.09. The standard InChI is InChI=1S/C9H13NO/c1-2-8(7-11)9-4-3-5-10-6-9/h3-6,8,11H,2,7H2,1H3. The number of aliphatic hydroxyl groups is 1. The van der Waals surface area contributed by atoms with E-state index in [0.29, 0.717) is 0 Å². The number of hydrogen-bond acceptors (Lipinski definition) is 2. The highest BCUT2D eigenvalue weighted by atomic mass is 16.3. The van der Waals surface area contributed by atoms with Crippen LogP contribution in [-0.2, 0) is 0 Å². The largest absolute Gasteiger partial charge is 0.396 e. The fourth-order valence-corrected chi connectivity index (χ4v) is 1.09. The summed E-state index contributed by atoms with van der Waals surface area (Å²) in [6, 6.07) is 3.89. The van der Waals surface area contributed by atoms with Crippen molar-refractivity contribution in [2.24, 2.45) is 0 Å². The molecular weight excluding hydrogens is 138 g/mol. The van der Waals surface area contributed by atoms with Gasteiger partial charge in [0.05, 0.1) is 0 Å². The summed E-state index contributed by atoms with van der Waals surface area (Å²) in [5.74, 6) is 0.253. The van der Waals surface area contributed by atoms with Gasteiger partial charge in [-0.2, -0.15) is 0 Å². The van der Waals surface area contributed by atoms with Crippen LogP contribution in [0.25, 0.3) is 0 Å². The molecule has 0 fully saturated rings. The molecule has 0 saturated heterocycles. The van der Waals surface area contributed by atoms with E-state index in [1.54, 1.807) is 6.20 Å². The number of aliphatic hydroxyl groups excluding tert-OH is 1. The summed E-state index contributed by atoms with van der Waals surface area (Å²) < 4.78 is 0. The second-order valence-corrected chi connectivity index (χ2v) is 2.57. The minimum Gasteiger partial charge on any atom is -0.396 e. The van der Waals surface area contributed by atoms with Crippen molar-refractivity contribution in [1.82, 2.24) is 4.98 Å². The first-order valence-corrected chi connectivity index (χ1v) is 3.89. The van der Waals surface area contributed by atoms with Gasteiger partial charge in [0.25, 0.3) is 0 Å². The molecule has 0 spiro atoms. The zero-order chi connectivity index (χ0) is 8.10. The van der Waals surface area contributed by atoms with Crippen molar-refractivity contribution < 1.29 is 5.11 Å². The molecule has 1 aromatic heterocycles. The van der Waals surface area contributed by atoms with Gasteiger partial charge in [0.1, 0.15) is 0 Å². The maximum Gasteiger partial charge on any atom is 0.0500 e. The Hall–Kier alpha value is -0.890. The van der Waals surface area contributed by atoms with E-state index in [0.717, 1.165) is 12.0 Å². The highest BCUT2D eigenvalue weighted by Gasteiger charge is 2.05. The Morgan fingerprint density at radius 3 is 2.91 bits per heavy atom. The molecule has 1 rings (SSSR count). The average Bonchev–Trinajstić information content (AvgIpc) is 2.09. The molecule has 0 aromatic carbocycles. The van der Waals surface area contributed by atoms with Crippen LogP contribution in [0.3, 0.4) is 0 Å². The Labute approximate surface area is 66.9 Å². The third-order valence-corrected chi connectivity index (χ3v) is 1.87. The molecule has 1 atom stereocenters. The third-order valence-electron chi connectivity index (χ3n) is 1.87. The molecule has 2 heteroatoms. The highest BCUT2D eigenvalue weighted by molar-refractivity contribution is 5.14. The second-order valence-electron chi connectivity index (χ2n) is 2.57. The summed E-state index contributed by atoms with van der Waals surface area (Å²) >= 11 is 0. The molecule has 60 valence electrons.